The molecule has 0 radical (unpaired) electrons. The van der Waals surface area contributed by atoms with Gasteiger partial charge in [-0.1, -0.05) is 83.2 Å². The summed E-state index contributed by atoms with van der Waals surface area (Å²) < 4.78 is 10.5. The summed E-state index contributed by atoms with van der Waals surface area (Å²) in [5.74, 6) is -1.23. The third kappa shape index (κ3) is 11.5. The molecule has 1 heterocycles. The average Bonchev–Trinajstić information content (AvgIpc) is 3.26. The van der Waals surface area contributed by atoms with E-state index in [2.05, 4.69) is 6.58 Å². The van der Waals surface area contributed by atoms with Crippen molar-refractivity contribution < 1.29 is 34.4 Å². The minimum Gasteiger partial charge on any atom is -0.462 e. The Morgan fingerprint density at radius 3 is 2.29 bits per heavy atom. The lowest BCUT2D eigenvalue weighted by atomic mass is 9.81. The van der Waals surface area contributed by atoms with Crippen molar-refractivity contribution in [3.05, 3.63) is 48.6 Å². The van der Waals surface area contributed by atoms with Gasteiger partial charge in [0.25, 0.3) is 0 Å². The maximum atomic E-state index is 11.5. The Hall–Kier alpha value is -2.42. The number of ether oxygens (including phenoxy) is 2. The molecule has 0 saturated carbocycles. The van der Waals surface area contributed by atoms with Crippen LogP contribution in [0.2, 0.25) is 0 Å². The number of primary amides is 1. The van der Waals surface area contributed by atoms with Gasteiger partial charge >= 0.3 is 12.1 Å². The van der Waals surface area contributed by atoms with E-state index in [9.17, 15) is 24.9 Å². The lowest BCUT2D eigenvalue weighted by molar-refractivity contribution is -0.142. The van der Waals surface area contributed by atoms with E-state index < -0.39 is 30.5 Å². The standard InChI is InChI=1S/C30H49NO7/c1-8-9-10-20(4)29(38-30(31)36)23(7)28(35)22(6)16-18(2)15-21(5)27(34)19(3)11-12-24(32)17-25-13-14-26(33)37-25/h8-12,15,19-25,27-29,32,34-35H,1,13-14,16-17H2,2-7H3,(H2,31,36)/b10-9-,12-11-,18-15-/t19?,20?,21-,22-,23-,24?,25?,27-,28+,29-/m0/s1. The van der Waals surface area contributed by atoms with E-state index in [1.54, 1.807) is 24.3 Å². The molecule has 0 aromatic rings. The highest BCUT2D eigenvalue weighted by Gasteiger charge is 2.33. The second kappa shape index (κ2) is 16.5. The van der Waals surface area contributed by atoms with Gasteiger partial charge in [0.15, 0.2) is 0 Å². The van der Waals surface area contributed by atoms with Crippen LogP contribution in [0.25, 0.3) is 0 Å². The van der Waals surface area contributed by atoms with Crippen molar-refractivity contribution in [3.63, 3.8) is 0 Å². The molecule has 0 aromatic carbocycles. The molecule has 0 spiro atoms. The zero-order chi connectivity index (χ0) is 29.0. The van der Waals surface area contributed by atoms with Gasteiger partial charge in [-0.3, -0.25) is 4.79 Å². The topological polar surface area (TPSA) is 139 Å². The summed E-state index contributed by atoms with van der Waals surface area (Å²) in [6, 6.07) is 0. The number of amides is 1. The number of carbonyl (C=O) groups excluding carboxylic acids is 2. The van der Waals surface area contributed by atoms with Gasteiger partial charge in [-0.15, -0.1) is 0 Å². The number of cyclic esters (lactones) is 1. The van der Waals surface area contributed by atoms with Crippen LogP contribution in [0, 0.1) is 29.6 Å². The Balaban J connectivity index is 2.71. The number of hydrogen-bond acceptors (Lipinski definition) is 7. The van der Waals surface area contributed by atoms with Crippen molar-refractivity contribution in [2.45, 2.75) is 97.7 Å². The summed E-state index contributed by atoms with van der Waals surface area (Å²) in [4.78, 5) is 22.7. The summed E-state index contributed by atoms with van der Waals surface area (Å²) in [6.45, 7) is 15.1. The Labute approximate surface area is 228 Å². The first kappa shape index (κ1) is 33.6. The molecule has 1 amide bonds. The summed E-state index contributed by atoms with van der Waals surface area (Å²) in [5.41, 5.74) is 6.31. The molecule has 0 aromatic heterocycles. The van der Waals surface area contributed by atoms with E-state index in [-0.39, 0.29) is 41.7 Å². The molecule has 1 aliphatic rings. The van der Waals surface area contributed by atoms with Gasteiger partial charge in [0.05, 0.1) is 18.3 Å². The van der Waals surface area contributed by atoms with Crippen molar-refractivity contribution in [1.82, 2.24) is 0 Å². The Kier molecular flexibility index (Phi) is 14.6. The molecule has 1 fully saturated rings. The fraction of sp³-hybridized carbons (Fsp3) is 0.667. The van der Waals surface area contributed by atoms with Crippen LogP contribution in [0.1, 0.15) is 67.2 Å². The van der Waals surface area contributed by atoms with Crippen molar-refractivity contribution in [3.8, 4) is 0 Å². The predicted octanol–water partition coefficient (Wildman–Crippen LogP) is 4.44. The molecule has 8 heteroatoms. The first-order valence-electron chi connectivity index (χ1n) is 13.6. The number of hydrogen-bond donors (Lipinski definition) is 4. The van der Waals surface area contributed by atoms with E-state index in [1.807, 2.05) is 53.7 Å². The summed E-state index contributed by atoms with van der Waals surface area (Å²) >= 11 is 0. The molecule has 1 rings (SSSR count). The van der Waals surface area contributed by atoms with Gasteiger partial charge < -0.3 is 30.5 Å². The van der Waals surface area contributed by atoms with Crippen molar-refractivity contribution in [2.24, 2.45) is 35.3 Å². The van der Waals surface area contributed by atoms with Crippen LogP contribution in [0.15, 0.2) is 48.6 Å². The SMILES string of the molecule is C=C/C=C\C(C)[C@H](OC(N)=O)[C@@H](C)[C@H](O)[C@@H](C)C/C(C)=C\[C@H](C)[C@@H](O)C(C)/C=C\C(O)CC1CCC(=O)O1. The fourth-order valence-electron chi connectivity index (χ4n) is 5.14. The molecule has 0 bridgehead atoms. The quantitative estimate of drug-likeness (QED) is 0.130. The van der Waals surface area contributed by atoms with E-state index in [1.165, 1.54) is 0 Å². The maximum Gasteiger partial charge on any atom is 0.404 e. The number of aliphatic hydroxyl groups excluding tert-OH is 3. The lowest BCUT2D eigenvalue weighted by Crippen LogP contribution is -2.41. The Morgan fingerprint density at radius 2 is 1.74 bits per heavy atom. The largest absolute Gasteiger partial charge is 0.462 e. The normalized spacial score (nSPS) is 23.8. The van der Waals surface area contributed by atoms with E-state index in [0.29, 0.717) is 25.7 Å². The van der Waals surface area contributed by atoms with Crippen molar-refractivity contribution in [2.75, 3.05) is 0 Å². The number of rotatable bonds is 16. The summed E-state index contributed by atoms with van der Waals surface area (Å²) in [6.07, 6.45) is 8.82. The smallest absolute Gasteiger partial charge is 0.404 e. The molecule has 5 N–H and O–H groups in total. The molecule has 4 unspecified atom stereocenters. The zero-order valence-corrected chi connectivity index (χ0v) is 23.8. The number of aliphatic hydroxyl groups is 3. The van der Waals surface area contributed by atoms with Crippen molar-refractivity contribution in [1.29, 1.82) is 0 Å². The number of allylic oxidation sites excluding steroid dienone is 3. The highest BCUT2D eigenvalue weighted by Crippen LogP contribution is 2.29. The lowest BCUT2D eigenvalue weighted by Gasteiger charge is -2.33. The molecule has 10 atom stereocenters. The number of esters is 1. The minimum absolute atomic E-state index is 0.127. The van der Waals surface area contributed by atoms with E-state index in [4.69, 9.17) is 15.2 Å². The van der Waals surface area contributed by atoms with Crippen LogP contribution in [0.3, 0.4) is 0 Å². The molecule has 216 valence electrons. The van der Waals surface area contributed by atoms with Crippen LogP contribution >= 0.6 is 0 Å². The highest BCUT2D eigenvalue weighted by molar-refractivity contribution is 5.71. The predicted molar refractivity (Wildman–Crippen MR) is 149 cm³/mol. The molecular weight excluding hydrogens is 486 g/mol. The molecule has 1 saturated heterocycles. The van der Waals surface area contributed by atoms with Crippen LogP contribution in [0.5, 0.6) is 0 Å². The number of carbonyl (C=O) groups is 2. The van der Waals surface area contributed by atoms with Gasteiger partial charge in [-0.2, -0.15) is 0 Å². The third-order valence-electron chi connectivity index (χ3n) is 7.34. The third-order valence-corrected chi connectivity index (χ3v) is 7.34. The average molecular weight is 536 g/mol. The monoisotopic (exact) mass is 535 g/mol. The second-order valence-electron chi connectivity index (χ2n) is 11.0. The van der Waals surface area contributed by atoms with Gasteiger partial charge in [0.1, 0.15) is 12.2 Å². The van der Waals surface area contributed by atoms with Crippen LogP contribution in [0.4, 0.5) is 4.79 Å². The van der Waals surface area contributed by atoms with E-state index in [0.717, 1.165) is 5.57 Å². The molecule has 0 aliphatic carbocycles. The zero-order valence-electron chi connectivity index (χ0n) is 23.8. The number of nitrogens with two attached hydrogens (primary N) is 1. The first-order chi connectivity index (χ1) is 17.8. The fourth-order valence-corrected chi connectivity index (χ4v) is 5.14. The van der Waals surface area contributed by atoms with Crippen LogP contribution < -0.4 is 5.73 Å². The van der Waals surface area contributed by atoms with Crippen LogP contribution in [-0.2, 0) is 14.3 Å². The first-order valence-corrected chi connectivity index (χ1v) is 13.6. The van der Waals surface area contributed by atoms with Gasteiger partial charge in [-0.05, 0) is 25.7 Å². The van der Waals surface area contributed by atoms with Gasteiger partial charge in [-0.25, -0.2) is 4.79 Å². The molecular formula is C30H49NO7. The van der Waals surface area contributed by atoms with E-state index >= 15 is 0 Å². The van der Waals surface area contributed by atoms with Crippen molar-refractivity contribution >= 4 is 12.1 Å². The molecule has 1 aliphatic heterocycles. The maximum absolute atomic E-state index is 11.5. The summed E-state index contributed by atoms with van der Waals surface area (Å²) in [5, 5.41) is 32.1. The molecule has 38 heavy (non-hydrogen) atoms. The Morgan fingerprint density at radius 1 is 1.08 bits per heavy atom. The van der Waals surface area contributed by atoms with Crippen LogP contribution in [-0.4, -0.2) is 57.9 Å². The minimum atomic E-state index is -0.878. The van der Waals surface area contributed by atoms with Gasteiger partial charge in [0, 0.05) is 36.5 Å². The molecule has 8 nitrogen and oxygen atoms in total. The second-order valence-corrected chi connectivity index (χ2v) is 11.0. The Bertz CT molecular complexity index is 852. The van der Waals surface area contributed by atoms with Gasteiger partial charge in [0.2, 0.25) is 0 Å². The highest BCUT2D eigenvalue weighted by atomic mass is 16.6. The summed E-state index contributed by atoms with van der Waals surface area (Å²) in [7, 11) is 0.